The molecule has 4 nitrogen and oxygen atoms in total. The highest BCUT2D eigenvalue weighted by molar-refractivity contribution is 6.31. The molecule has 0 spiro atoms. The van der Waals surface area contributed by atoms with Crippen LogP contribution in [-0.2, 0) is 11.3 Å². The van der Waals surface area contributed by atoms with E-state index in [4.69, 9.17) is 11.6 Å². The third-order valence-electron chi connectivity index (χ3n) is 3.59. The molecule has 1 saturated carbocycles. The first-order chi connectivity index (χ1) is 9.60. The van der Waals surface area contributed by atoms with Crippen molar-refractivity contribution < 1.29 is 4.79 Å². The second-order valence-electron chi connectivity index (χ2n) is 5.28. The van der Waals surface area contributed by atoms with Crippen LogP contribution in [0.5, 0.6) is 0 Å². The molecule has 1 fully saturated rings. The standard InChI is InChI=1S/C15H22ClN3O/c1-17-15(20)7-8-19(2)13-6-3-11(14(16)9-13)10-18-12-4-5-12/h3,6,9,12,18H,4-5,7-8,10H2,1-2H3,(H,17,20). The average Bonchev–Trinajstić information content (AvgIpc) is 3.27. The maximum atomic E-state index is 11.3. The number of nitrogens with zero attached hydrogens (tertiary/aromatic N) is 1. The molecule has 0 heterocycles. The van der Waals surface area contributed by atoms with Crippen LogP contribution in [0.15, 0.2) is 18.2 Å². The molecule has 0 bridgehead atoms. The van der Waals surface area contributed by atoms with Crippen molar-refractivity contribution in [1.82, 2.24) is 10.6 Å². The number of amides is 1. The Balaban J connectivity index is 1.90. The zero-order valence-corrected chi connectivity index (χ0v) is 12.8. The van der Waals surface area contributed by atoms with Gasteiger partial charge in [-0.05, 0) is 30.5 Å². The van der Waals surface area contributed by atoms with Gasteiger partial charge >= 0.3 is 0 Å². The fraction of sp³-hybridized carbons (Fsp3) is 0.533. The van der Waals surface area contributed by atoms with E-state index in [0.29, 0.717) is 19.0 Å². The SMILES string of the molecule is CNC(=O)CCN(C)c1ccc(CNC2CC2)c(Cl)c1. The van der Waals surface area contributed by atoms with Crippen LogP contribution in [0.3, 0.4) is 0 Å². The summed E-state index contributed by atoms with van der Waals surface area (Å²) < 4.78 is 0. The first-order valence-electron chi connectivity index (χ1n) is 7.03. The number of hydrogen-bond acceptors (Lipinski definition) is 3. The van der Waals surface area contributed by atoms with E-state index in [1.165, 1.54) is 12.8 Å². The third-order valence-corrected chi connectivity index (χ3v) is 3.94. The van der Waals surface area contributed by atoms with Crippen LogP contribution in [0.2, 0.25) is 5.02 Å². The van der Waals surface area contributed by atoms with Gasteiger partial charge in [-0.1, -0.05) is 17.7 Å². The van der Waals surface area contributed by atoms with Gasteiger partial charge in [0.1, 0.15) is 0 Å². The Bertz CT molecular complexity index is 474. The second kappa shape index (κ2) is 6.95. The highest BCUT2D eigenvalue weighted by atomic mass is 35.5. The molecule has 1 aromatic rings. The fourth-order valence-corrected chi connectivity index (χ4v) is 2.22. The summed E-state index contributed by atoms with van der Waals surface area (Å²) in [5.41, 5.74) is 2.16. The largest absolute Gasteiger partial charge is 0.374 e. The van der Waals surface area contributed by atoms with Gasteiger partial charge in [0.15, 0.2) is 0 Å². The molecular weight excluding hydrogens is 274 g/mol. The second-order valence-corrected chi connectivity index (χ2v) is 5.68. The molecule has 20 heavy (non-hydrogen) atoms. The number of halogens is 1. The Hall–Kier alpha value is -1.26. The fourth-order valence-electron chi connectivity index (χ4n) is 1.98. The molecule has 1 amide bonds. The average molecular weight is 296 g/mol. The number of rotatable bonds is 7. The Morgan fingerprint density at radius 3 is 2.80 bits per heavy atom. The molecule has 1 aliphatic rings. The number of benzene rings is 1. The van der Waals surface area contributed by atoms with Crippen LogP contribution in [0.1, 0.15) is 24.8 Å². The van der Waals surface area contributed by atoms with Crippen LogP contribution < -0.4 is 15.5 Å². The molecule has 1 aliphatic carbocycles. The number of carbonyl (C=O) groups excluding carboxylic acids is 1. The molecule has 1 aromatic carbocycles. The number of hydrogen-bond donors (Lipinski definition) is 2. The lowest BCUT2D eigenvalue weighted by atomic mass is 10.2. The number of nitrogens with one attached hydrogen (secondary N) is 2. The summed E-state index contributed by atoms with van der Waals surface area (Å²) in [4.78, 5) is 13.3. The van der Waals surface area contributed by atoms with Gasteiger partial charge in [0, 0.05) is 50.4 Å². The predicted molar refractivity (Wildman–Crippen MR) is 83.3 cm³/mol. The summed E-state index contributed by atoms with van der Waals surface area (Å²) in [5.74, 6) is 0.0493. The minimum Gasteiger partial charge on any atom is -0.374 e. The van der Waals surface area contributed by atoms with Gasteiger partial charge < -0.3 is 15.5 Å². The summed E-state index contributed by atoms with van der Waals surface area (Å²) in [7, 11) is 3.62. The monoisotopic (exact) mass is 295 g/mol. The Kier molecular flexibility index (Phi) is 5.26. The third kappa shape index (κ3) is 4.39. The van der Waals surface area contributed by atoms with Crippen LogP contribution in [0.25, 0.3) is 0 Å². The molecular formula is C15H22ClN3O. The zero-order valence-electron chi connectivity index (χ0n) is 12.1. The minimum atomic E-state index is 0.0493. The molecule has 2 N–H and O–H groups in total. The van der Waals surface area contributed by atoms with Gasteiger partial charge in [0.25, 0.3) is 0 Å². The van der Waals surface area contributed by atoms with Crippen LogP contribution in [0, 0.1) is 0 Å². The summed E-state index contributed by atoms with van der Waals surface area (Å²) >= 11 is 6.32. The molecule has 2 rings (SSSR count). The van der Waals surface area contributed by atoms with Gasteiger partial charge in [0.05, 0.1) is 0 Å². The van der Waals surface area contributed by atoms with Crippen LogP contribution >= 0.6 is 11.6 Å². The molecule has 110 valence electrons. The molecule has 0 unspecified atom stereocenters. The highest BCUT2D eigenvalue weighted by Crippen LogP contribution is 2.25. The number of carbonyl (C=O) groups is 1. The Morgan fingerprint density at radius 1 is 1.45 bits per heavy atom. The van der Waals surface area contributed by atoms with Crippen molar-refractivity contribution in [3.8, 4) is 0 Å². The van der Waals surface area contributed by atoms with E-state index in [9.17, 15) is 4.79 Å². The molecule has 0 aliphatic heterocycles. The lowest BCUT2D eigenvalue weighted by Crippen LogP contribution is -2.26. The van der Waals surface area contributed by atoms with Crippen molar-refractivity contribution in [3.63, 3.8) is 0 Å². The van der Waals surface area contributed by atoms with Crippen LogP contribution in [0.4, 0.5) is 5.69 Å². The van der Waals surface area contributed by atoms with Crippen LogP contribution in [-0.4, -0.2) is 32.6 Å². The minimum absolute atomic E-state index is 0.0493. The van der Waals surface area contributed by atoms with Crippen molar-refractivity contribution in [3.05, 3.63) is 28.8 Å². The maximum absolute atomic E-state index is 11.3. The van der Waals surface area contributed by atoms with Crippen molar-refractivity contribution >= 4 is 23.2 Å². The maximum Gasteiger partial charge on any atom is 0.221 e. The van der Waals surface area contributed by atoms with E-state index in [1.54, 1.807) is 7.05 Å². The van der Waals surface area contributed by atoms with Crippen molar-refractivity contribution in [2.45, 2.75) is 31.8 Å². The topological polar surface area (TPSA) is 44.4 Å². The number of anilines is 1. The van der Waals surface area contributed by atoms with Gasteiger partial charge in [-0.2, -0.15) is 0 Å². The van der Waals surface area contributed by atoms with E-state index in [0.717, 1.165) is 22.8 Å². The lowest BCUT2D eigenvalue weighted by Gasteiger charge is -2.20. The first-order valence-corrected chi connectivity index (χ1v) is 7.41. The quantitative estimate of drug-likeness (QED) is 0.810. The van der Waals surface area contributed by atoms with Gasteiger partial charge in [-0.25, -0.2) is 0 Å². The normalized spacial score (nSPS) is 14.2. The van der Waals surface area contributed by atoms with E-state index in [1.807, 2.05) is 18.0 Å². The Labute approximate surface area is 125 Å². The van der Waals surface area contributed by atoms with Gasteiger partial charge in [-0.3, -0.25) is 4.79 Å². The summed E-state index contributed by atoms with van der Waals surface area (Å²) in [6.45, 7) is 1.50. The van der Waals surface area contributed by atoms with Gasteiger partial charge in [-0.15, -0.1) is 0 Å². The molecule has 0 saturated heterocycles. The molecule has 0 atom stereocenters. The van der Waals surface area contributed by atoms with E-state index >= 15 is 0 Å². The summed E-state index contributed by atoms with van der Waals surface area (Å²) in [5, 5.41) is 6.86. The Morgan fingerprint density at radius 2 is 2.20 bits per heavy atom. The molecule has 0 radical (unpaired) electrons. The molecule has 0 aromatic heterocycles. The van der Waals surface area contributed by atoms with Crippen molar-refractivity contribution in [2.24, 2.45) is 0 Å². The van der Waals surface area contributed by atoms with E-state index < -0.39 is 0 Å². The summed E-state index contributed by atoms with van der Waals surface area (Å²) in [6, 6.07) is 6.76. The smallest absolute Gasteiger partial charge is 0.221 e. The van der Waals surface area contributed by atoms with Gasteiger partial charge in [0.2, 0.25) is 5.91 Å². The zero-order chi connectivity index (χ0) is 14.5. The van der Waals surface area contributed by atoms with Crippen molar-refractivity contribution in [1.29, 1.82) is 0 Å². The highest BCUT2D eigenvalue weighted by Gasteiger charge is 2.20. The van der Waals surface area contributed by atoms with E-state index in [2.05, 4.69) is 22.8 Å². The van der Waals surface area contributed by atoms with E-state index in [-0.39, 0.29) is 5.91 Å². The lowest BCUT2D eigenvalue weighted by molar-refractivity contribution is -0.120. The molecule has 5 heteroatoms. The van der Waals surface area contributed by atoms with Crippen molar-refractivity contribution in [2.75, 3.05) is 25.5 Å². The predicted octanol–water partition coefficient (Wildman–Crippen LogP) is 2.16. The summed E-state index contributed by atoms with van der Waals surface area (Å²) in [6.07, 6.45) is 3.03. The first kappa shape index (κ1) is 15.1.